The van der Waals surface area contributed by atoms with Gasteiger partial charge in [0.05, 0.1) is 6.54 Å². The second kappa shape index (κ2) is 7.21. The summed E-state index contributed by atoms with van der Waals surface area (Å²) in [5.74, 6) is 0. The molecule has 0 atom stereocenters. The lowest BCUT2D eigenvalue weighted by molar-refractivity contribution is 0.256. The molecule has 3 rings (SSSR count). The van der Waals surface area contributed by atoms with E-state index in [1.807, 2.05) is 36.4 Å². The molecule has 6 heteroatoms. The Morgan fingerprint density at radius 3 is 2.57 bits per heavy atom. The third-order valence-corrected chi connectivity index (χ3v) is 3.81. The predicted octanol–water partition coefficient (Wildman–Crippen LogP) is 0.957. The molecule has 2 aromatic heterocycles. The van der Waals surface area contributed by atoms with Crippen molar-refractivity contribution in [1.29, 1.82) is 0 Å². The van der Waals surface area contributed by atoms with E-state index in [9.17, 15) is 4.79 Å². The second-order valence-corrected chi connectivity index (χ2v) is 5.48. The molecule has 23 heavy (non-hydrogen) atoms. The van der Waals surface area contributed by atoms with Gasteiger partial charge in [0.25, 0.3) is 0 Å². The van der Waals surface area contributed by atoms with E-state index in [-0.39, 0.29) is 5.69 Å². The predicted molar refractivity (Wildman–Crippen MR) is 90.2 cm³/mol. The van der Waals surface area contributed by atoms with Crippen molar-refractivity contribution in [3.8, 4) is 0 Å². The van der Waals surface area contributed by atoms with Gasteiger partial charge in [-0.1, -0.05) is 36.4 Å². The van der Waals surface area contributed by atoms with Gasteiger partial charge < -0.3 is 5.73 Å². The van der Waals surface area contributed by atoms with Gasteiger partial charge in [-0.25, -0.2) is 9.48 Å². The molecule has 0 radical (unpaired) electrons. The van der Waals surface area contributed by atoms with Crippen LogP contribution < -0.4 is 11.4 Å². The molecule has 0 aliphatic heterocycles. The molecule has 6 nitrogen and oxygen atoms in total. The molecular weight excluding hydrogens is 290 g/mol. The molecule has 0 aliphatic rings. The van der Waals surface area contributed by atoms with Crippen LogP contribution in [0, 0.1) is 0 Å². The first-order chi connectivity index (χ1) is 11.3. The summed E-state index contributed by atoms with van der Waals surface area (Å²) in [4.78, 5) is 14.5. The number of benzene rings is 1. The van der Waals surface area contributed by atoms with Crippen molar-refractivity contribution in [3.05, 3.63) is 70.8 Å². The summed E-state index contributed by atoms with van der Waals surface area (Å²) in [6, 6.07) is 15.8. The van der Waals surface area contributed by atoms with Crippen molar-refractivity contribution in [2.45, 2.75) is 13.1 Å². The van der Waals surface area contributed by atoms with Crippen molar-refractivity contribution in [3.63, 3.8) is 0 Å². The van der Waals surface area contributed by atoms with Gasteiger partial charge in [-0.15, -0.1) is 5.10 Å². The van der Waals surface area contributed by atoms with Crippen molar-refractivity contribution < 1.29 is 0 Å². The van der Waals surface area contributed by atoms with E-state index in [1.165, 1.54) is 10.2 Å². The van der Waals surface area contributed by atoms with Crippen LogP contribution >= 0.6 is 0 Å². The largest absolute Gasteiger partial charge is 0.350 e. The highest BCUT2D eigenvalue weighted by molar-refractivity contribution is 5.35. The molecule has 0 aliphatic carbocycles. The van der Waals surface area contributed by atoms with Gasteiger partial charge in [-0.2, -0.15) is 0 Å². The van der Waals surface area contributed by atoms with E-state index < -0.39 is 0 Å². The summed E-state index contributed by atoms with van der Waals surface area (Å²) in [7, 11) is 0. The summed E-state index contributed by atoms with van der Waals surface area (Å²) >= 11 is 0. The number of rotatable bonds is 7. The van der Waals surface area contributed by atoms with E-state index in [0.29, 0.717) is 18.7 Å². The van der Waals surface area contributed by atoms with Gasteiger partial charge in [0.1, 0.15) is 0 Å². The maximum absolute atomic E-state index is 12.3. The molecule has 120 valence electrons. The third-order valence-electron chi connectivity index (χ3n) is 3.81. The Morgan fingerprint density at radius 1 is 1.04 bits per heavy atom. The number of pyridine rings is 1. The Hall–Kier alpha value is -2.44. The number of aromatic nitrogens is 3. The van der Waals surface area contributed by atoms with Gasteiger partial charge in [-0.3, -0.25) is 9.30 Å². The summed E-state index contributed by atoms with van der Waals surface area (Å²) in [5, 5.41) is 4.36. The topological polar surface area (TPSA) is 68.6 Å². The minimum atomic E-state index is -0.104. The van der Waals surface area contributed by atoms with E-state index in [2.05, 4.69) is 22.1 Å². The van der Waals surface area contributed by atoms with Crippen LogP contribution in [0.5, 0.6) is 0 Å². The van der Waals surface area contributed by atoms with Crippen LogP contribution in [0.15, 0.2) is 59.5 Å². The van der Waals surface area contributed by atoms with Crippen molar-refractivity contribution in [2.75, 3.05) is 19.6 Å². The molecule has 0 bridgehead atoms. The Labute approximate surface area is 134 Å². The Kier molecular flexibility index (Phi) is 4.85. The van der Waals surface area contributed by atoms with Crippen molar-refractivity contribution in [2.24, 2.45) is 5.73 Å². The number of nitrogens with zero attached hydrogens (tertiary/aromatic N) is 4. The first-order valence-electron chi connectivity index (χ1n) is 7.78. The highest BCUT2D eigenvalue weighted by Crippen LogP contribution is 2.04. The normalized spacial score (nSPS) is 11.4. The van der Waals surface area contributed by atoms with Crippen LogP contribution in [-0.4, -0.2) is 38.7 Å². The van der Waals surface area contributed by atoms with Crippen LogP contribution in [0.1, 0.15) is 5.56 Å². The summed E-state index contributed by atoms with van der Waals surface area (Å²) in [5.41, 5.74) is 7.52. The van der Waals surface area contributed by atoms with Gasteiger partial charge in [0.15, 0.2) is 5.65 Å². The zero-order valence-corrected chi connectivity index (χ0v) is 13.0. The van der Waals surface area contributed by atoms with Crippen LogP contribution in [0.2, 0.25) is 0 Å². The molecule has 0 saturated heterocycles. The maximum atomic E-state index is 12.3. The van der Waals surface area contributed by atoms with Crippen LogP contribution in [0.3, 0.4) is 0 Å². The van der Waals surface area contributed by atoms with Crippen molar-refractivity contribution in [1.82, 2.24) is 19.1 Å². The summed E-state index contributed by atoms with van der Waals surface area (Å²) < 4.78 is 3.08. The van der Waals surface area contributed by atoms with Gasteiger partial charge >= 0.3 is 5.69 Å². The highest BCUT2D eigenvalue weighted by Gasteiger charge is 2.09. The number of hydrogen-bond donors (Lipinski definition) is 1. The monoisotopic (exact) mass is 311 g/mol. The zero-order chi connectivity index (χ0) is 16.1. The standard InChI is InChI=1S/C17H21N5O/c18-9-11-20(14-15-6-2-1-3-7-15)12-13-22-17(23)21-10-5-4-8-16(21)19-22/h1-8,10H,9,11-14,18H2. The lowest BCUT2D eigenvalue weighted by atomic mass is 10.2. The summed E-state index contributed by atoms with van der Waals surface area (Å²) in [6.07, 6.45) is 1.74. The fourth-order valence-electron chi connectivity index (χ4n) is 2.64. The SMILES string of the molecule is NCCN(CCn1nc2ccccn2c1=O)Cc1ccccc1. The molecular formula is C17H21N5O. The number of fused-ring (bicyclic) bond motifs is 1. The van der Waals surface area contributed by atoms with Gasteiger partial charge in [-0.05, 0) is 17.7 Å². The Morgan fingerprint density at radius 2 is 1.83 bits per heavy atom. The number of hydrogen-bond acceptors (Lipinski definition) is 4. The molecule has 0 fully saturated rings. The third kappa shape index (κ3) is 3.67. The molecule has 0 spiro atoms. The average Bonchev–Trinajstić information content (AvgIpc) is 2.90. The molecule has 0 amide bonds. The van der Waals surface area contributed by atoms with E-state index >= 15 is 0 Å². The average molecular weight is 311 g/mol. The van der Waals surface area contributed by atoms with Gasteiger partial charge in [0.2, 0.25) is 0 Å². The van der Waals surface area contributed by atoms with Crippen LogP contribution in [-0.2, 0) is 13.1 Å². The maximum Gasteiger partial charge on any atom is 0.350 e. The minimum Gasteiger partial charge on any atom is -0.329 e. The summed E-state index contributed by atoms with van der Waals surface area (Å²) in [6.45, 7) is 3.48. The van der Waals surface area contributed by atoms with E-state index in [4.69, 9.17) is 5.73 Å². The highest BCUT2D eigenvalue weighted by atomic mass is 16.2. The fourth-order valence-corrected chi connectivity index (χ4v) is 2.64. The van der Waals surface area contributed by atoms with Crippen molar-refractivity contribution >= 4 is 5.65 Å². The molecule has 1 aromatic carbocycles. The minimum absolute atomic E-state index is 0.104. The zero-order valence-electron chi connectivity index (χ0n) is 13.0. The molecule has 3 aromatic rings. The van der Waals surface area contributed by atoms with Gasteiger partial charge in [0, 0.05) is 32.4 Å². The molecule has 0 saturated carbocycles. The first-order valence-corrected chi connectivity index (χ1v) is 7.78. The molecule has 2 heterocycles. The molecule has 2 N–H and O–H groups in total. The quantitative estimate of drug-likeness (QED) is 0.705. The van der Waals surface area contributed by atoms with Crippen LogP contribution in [0.25, 0.3) is 5.65 Å². The Bertz CT molecular complexity index is 808. The second-order valence-electron chi connectivity index (χ2n) is 5.48. The first kappa shape index (κ1) is 15.5. The lowest BCUT2D eigenvalue weighted by Crippen LogP contribution is -2.34. The fraction of sp³-hybridized carbons (Fsp3) is 0.294. The number of nitrogens with two attached hydrogens (primary N) is 1. The smallest absolute Gasteiger partial charge is 0.329 e. The molecule has 0 unspecified atom stereocenters. The van der Waals surface area contributed by atoms with E-state index in [0.717, 1.165) is 19.6 Å². The van der Waals surface area contributed by atoms with Crippen LogP contribution in [0.4, 0.5) is 0 Å². The lowest BCUT2D eigenvalue weighted by Gasteiger charge is -2.21. The Balaban J connectivity index is 1.70. The van der Waals surface area contributed by atoms with E-state index in [1.54, 1.807) is 10.6 Å².